The van der Waals surface area contributed by atoms with Crippen LogP contribution in [0.5, 0.6) is 0 Å². The van der Waals surface area contributed by atoms with Gasteiger partial charge in [-0.3, -0.25) is 4.98 Å². The predicted molar refractivity (Wildman–Crippen MR) is 86.6 cm³/mol. The molecule has 5 nitrogen and oxygen atoms in total. The van der Waals surface area contributed by atoms with Crippen LogP contribution in [-0.2, 0) is 10.3 Å². The lowest BCUT2D eigenvalue weighted by Crippen LogP contribution is -2.34. The molecule has 6 heteroatoms. The molecule has 2 heterocycles. The number of nitrogens with one attached hydrogen (secondary N) is 1. The van der Waals surface area contributed by atoms with E-state index < -0.39 is 5.60 Å². The van der Waals surface area contributed by atoms with E-state index in [0.717, 1.165) is 10.9 Å². The van der Waals surface area contributed by atoms with Gasteiger partial charge in [-0.05, 0) is 19.1 Å². The van der Waals surface area contributed by atoms with Crippen LogP contribution in [0.25, 0.3) is 10.9 Å². The zero-order valence-corrected chi connectivity index (χ0v) is 13.0. The van der Waals surface area contributed by atoms with E-state index in [2.05, 4.69) is 20.3 Å². The Morgan fingerprint density at radius 1 is 1.22 bits per heavy atom. The van der Waals surface area contributed by atoms with Gasteiger partial charge in [0.15, 0.2) is 0 Å². The van der Waals surface area contributed by atoms with Gasteiger partial charge in [-0.15, -0.1) is 0 Å². The Morgan fingerprint density at radius 2 is 2.04 bits per heavy atom. The lowest BCUT2D eigenvalue weighted by atomic mass is 9.95. The smallest absolute Gasteiger partial charge is 0.137 e. The summed E-state index contributed by atoms with van der Waals surface area (Å²) in [7, 11) is 1.57. The van der Waals surface area contributed by atoms with Crippen molar-refractivity contribution in [1.82, 2.24) is 15.0 Å². The molecule has 0 aliphatic rings. The molecule has 3 aromatic rings. The third-order valence-electron chi connectivity index (χ3n) is 3.93. The second-order valence-corrected chi connectivity index (χ2v) is 5.38. The van der Waals surface area contributed by atoms with E-state index >= 15 is 0 Å². The Kier molecular flexibility index (Phi) is 4.16. The minimum atomic E-state index is -0.824. The first-order valence-corrected chi connectivity index (χ1v) is 7.23. The highest BCUT2D eigenvalue weighted by Crippen LogP contribution is 2.28. The Bertz CT molecular complexity index is 821. The maximum atomic E-state index is 14.1. The lowest BCUT2D eigenvalue weighted by molar-refractivity contribution is 0.0108. The van der Waals surface area contributed by atoms with Crippen molar-refractivity contribution in [1.29, 1.82) is 0 Å². The van der Waals surface area contributed by atoms with Crippen LogP contribution in [0.15, 0.2) is 49.1 Å². The molecule has 0 fully saturated rings. The van der Waals surface area contributed by atoms with E-state index in [9.17, 15) is 4.39 Å². The normalized spacial score (nSPS) is 13.7. The van der Waals surface area contributed by atoms with Crippen molar-refractivity contribution in [3.63, 3.8) is 0 Å². The molecule has 0 radical (unpaired) electrons. The topological polar surface area (TPSA) is 59.9 Å². The van der Waals surface area contributed by atoms with Crippen molar-refractivity contribution >= 4 is 16.7 Å². The lowest BCUT2D eigenvalue weighted by Gasteiger charge is -2.29. The van der Waals surface area contributed by atoms with Crippen molar-refractivity contribution in [2.75, 3.05) is 19.0 Å². The number of methoxy groups -OCH3 is 1. The maximum Gasteiger partial charge on any atom is 0.137 e. The molecule has 0 aliphatic heterocycles. The van der Waals surface area contributed by atoms with E-state index in [0.29, 0.717) is 17.9 Å². The second-order valence-electron chi connectivity index (χ2n) is 5.38. The van der Waals surface area contributed by atoms with Crippen LogP contribution in [0.1, 0.15) is 12.5 Å². The highest BCUT2D eigenvalue weighted by Gasteiger charge is 2.29. The van der Waals surface area contributed by atoms with Gasteiger partial charge < -0.3 is 10.1 Å². The number of halogens is 1. The molecule has 0 saturated carbocycles. The molecule has 0 amide bonds. The third-order valence-corrected chi connectivity index (χ3v) is 3.93. The van der Waals surface area contributed by atoms with Gasteiger partial charge in [-0.1, -0.05) is 18.2 Å². The fraction of sp³-hybridized carbons (Fsp3) is 0.235. The van der Waals surface area contributed by atoms with Gasteiger partial charge in [0.05, 0.1) is 11.7 Å². The zero-order valence-electron chi connectivity index (χ0n) is 13.0. The molecule has 0 spiro atoms. The first kappa shape index (κ1) is 15.3. The summed E-state index contributed by atoms with van der Waals surface area (Å²) in [6.07, 6.45) is 4.83. The van der Waals surface area contributed by atoms with Crippen molar-refractivity contribution in [3.05, 3.63) is 60.4 Å². The fourth-order valence-corrected chi connectivity index (χ4v) is 2.47. The van der Waals surface area contributed by atoms with E-state index in [1.165, 1.54) is 12.4 Å². The Balaban J connectivity index is 1.89. The van der Waals surface area contributed by atoms with Crippen molar-refractivity contribution in [2.45, 2.75) is 12.5 Å². The van der Waals surface area contributed by atoms with Crippen LogP contribution < -0.4 is 5.32 Å². The molecular weight excluding hydrogens is 295 g/mol. The monoisotopic (exact) mass is 312 g/mol. The Labute approximate surface area is 133 Å². The summed E-state index contributed by atoms with van der Waals surface area (Å²) in [6.45, 7) is 2.20. The molecule has 118 valence electrons. The van der Waals surface area contributed by atoms with Crippen molar-refractivity contribution in [2.24, 2.45) is 0 Å². The molecule has 0 aliphatic carbocycles. The first-order chi connectivity index (χ1) is 11.1. The van der Waals surface area contributed by atoms with E-state index in [1.807, 2.05) is 13.0 Å². The molecular formula is C17H17FN4O. The molecule has 1 N–H and O–H groups in total. The van der Waals surface area contributed by atoms with Gasteiger partial charge in [0.25, 0.3) is 0 Å². The molecule has 0 saturated heterocycles. The summed E-state index contributed by atoms with van der Waals surface area (Å²) in [4.78, 5) is 12.5. The second kappa shape index (κ2) is 6.26. The fourth-order valence-electron chi connectivity index (χ4n) is 2.47. The number of ether oxygens (including phenoxy) is 1. The van der Waals surface area contributed by atoms with Crippen molar-refractivity contribution < 1.29 is 9.13 Å². The van der Waals surface area contributed by atoms with Gasteiger partial charge in [0.1, 0.15) is 23.6 Å². The predicted octanol–water partition coefficient (Wildman–Crippen LogP) is 3.14. The molecule has 1 atom stereocenters. The first-order valence-electron chi connectivity index (χ1n) is 7.23. The highest BCUT2D eigenvalue weighted by molar-refractivity contribution is 5.87. The Hall–Kier alpha value is -2.60. The summed E-state index contributed by atoms with van der Waals surface area (Å²) in [5.74, 6) is 0.368. The number of benzene rings is 1. The third kappa shape index (κ3) is 2.98. The molecule has 23 heavy (non-hydrogen) atoms. The van der Waals surface area contributed by atoms with Crippen LogP contribution in [0.2, 0.25) is 0 Å². The Morgan fingerprint density at radius 3 is 2.83 bits per heavy atom. The van der Waals surface area contributed by atoms with E-state index in [4.69, 9.17) is 4.74 Å². The zero-order chi connectivity index (χ0) is 16.3. The van der Waals surface area contributed by atoms with Crippen LogP contribution in [0.3, 0.4) is 0 Å². The summed E-state index contributed by atoms with van der Waals surface area (Å²) < 4.78 is 19.7. The summed E-state index contributed by atoms with van der Waals surface area (Å²) in [5, 5.41) is 4.09. The number of aromatic nitrogens is 3. The van der Waals surface area contributed by atoms with Gasteiger partial charge in [0.2, 0.25) is 0 Å². The minimum Gasteiger partial charge on any atom is -0.372 e. The summed E-state index contributed by atoms with van der Waals surface area (Å²) in [5.41, 5.74) is 0.417. The SMILES string of the molecule is COC(C)(CNc1ncnc2cnccc12)c1ccccc1F. The van der Waals surface area contributed by atoms with Gasteiger partial charge in [-0.2, -0.15) is 0 Å². The number of pyridine rings is 1. The maximum absolute atomic E-state index is 14.1. The van der Waals surface area contributed by atoms with Gasteiger partial charge in [0, 0.05) is 30.8 Å². The number of anilines is 1. The van der Waals surface area contributed by atoms with Crippen LogP contribution in [0.4, 0.5) is 10.2 Å². The average molecular weight is 312 g/mol. The van der Waals surface area contributed by atoms with Crippen LogP contribution in [-0.4, -0.2) is 28.6 Å². The number of hydrogen-bond donors (Lipinski definition) is 1. The summed E-state index contributed by atoms with van der Waals surface area (Å²) >= 11 is 0. The van der Waals surface area contributed by atoms with Crippen molar-refractivity contribution in [3.8, 4) is 0 Å². The highest BCUT2D eigenvalue weighted by atomic mass is 19.1. The summed E-state index contributed by atoms with van der Waals surface area (Å²) in [6, 6.07) is 8.44. The number of hydrogen-bond acceptors (Lipinski definition) is 5. The van der Waals surface area contributed by atoms with Gasteiger partial charge in [-0.25, -0.2) is 14.4 Å². The molecule has 2 aromatic heterocycles. The van der Waals surface area contributed by atoms with E-state index in [-0.39, 0.29) is 5.82 Å². The molecule has 0 bridgehead atoms. The van der Waals surface area contributed by atoms with Gasteiger partial charge >= 0.3 is 0 Å². The molecule has 1 aromatic carbocycles. The largest absolute Gasteiger partial charge is 0.372 e. The number of fused-ring (bicyclic) bond motifs is 1. The number of rotatable bonds is 5. The minimum absolute atomic E-state index is 0.296. The van der Waals surface area contributed by atoms with E-state index in [1.54, 1.807) is 37.7 Å². The average Bonchev–Trinajstić information content (AvgIpc) is 2.60. The quantitative estimate of drug-likeness (QED) is 0.784. The molecule has 1 unspecified atom stereocenters. The standard InChI is InChI=1S/C17H17FN4O/c1-17(23-2,13-5-3-4-6-14(13)18)10-20-16-12-7-8-19-9-15(12)21-11-22-16/h3-9,11H,10H2,1-2H3,(H,20,21,22). The number of nitrogens with zero attached hydrogens (tertiary/aromatic N) is 3. The van der Waals surface area contributed by atoms with Crippen LogP contribution in [0, 0.1) is 5.82 Å². The van der Waals surface area contributed by atoms with Crippen LogP contribution >= 0.6 is 0 Å². The molecule has 3 rings (SSSR count).